The Bertz CT molecular complexity index is 1030. The molecule has 1 fully saturated rings. The molecule has 0 spiro atoms. The summed E-state index contributed by atoms with van der Waals surface area (Å²) in [6.07, 6.45) is 19.3. The van der Waals surface area contributed by atoms with Crippen molar-refractivity contribution < 1.29 is 37.3 Å². The van der Waals surface area contributed by atoms with Crippen LogP contribution >= 0.6 is 7.82 Å². The molecule has 1 aromatic rings. The minimum Gasteiger partial charge on any atom is -0.746 e. The second-order valence-corrected chi connectivity index (χ2v) is 14.5. The van der Waals surface area contributed by atoms with Gasteiger partial charge in [0.25, 0.3) is 0 Å². The molecular formula is C36H62NO7P. The number of likely N-dealkylation sites (tertiary alicyclic amines) is 1. The van der Waals surface area contributed by atoms with Gasteiger partial charge in [-0.05, 0) is 26.2 Å². The number of ether oxygens (including phenoxy) is 2. The quantitative estimate of drug-likeness (QED) is 0.0362. The van der Waals surface area contributed by atoms with Crippen LogP contribution in [0, 0.1) is 0 Å². The largest absolute Gasteiger partial charge is 0.746 e. The Hall–Kier alpha value is -1.70. The summed E-state index contributed by atoms with van der Waals surface area (Å²) in [5.74, 6) is -0.213. The van der Waals surface area contributed by atoms with E-state index in [0.29, 0.717) is 22.4 Å². The molecule has 3 unspecified atom stereocenters. The lowest BCUT2D eigenvalue weighted by atomic mass is 10.0. The number of quaternary nitrogens is 1. The standard InChI is InChI=1S/C36H62NO7P/c1-6-7-8-9-10-11-12-13-14-15-16-17-18-24-29-41-31(2)35(43-32(3)38)30-42-45(39,40)44-36(33-25-20-19-21-26-33)34-27-22-23-28-37(34,4)5/h19-21,25-26,31,35H,6-18,22-24,27-30H2,1-5H3. The van der Waals surface area contributed by atoms with Gasteiger partial charge in [0, 0.05) is 25.5 Å². The smallest absolute Gasteiger partial charge is 0.320 e. The van der Waals surface area contributed by atoms with Crippen molar-refractivity contribution in [3.8, 4) is 0 Å². The summed E-state index contributed by atoms with van der Waals surface area (Å²) >= 11 is 0. The average molecular weight is 652 g/mol. The Morgan fingerprint density at radius 2 is 1.44 bits per heavy atom. The van der Waals surface area contributed by atoms with E-state index in [0.717, 1.165) is 44.3 Å². The summed E-state index contributed by atoms with van der Waals surface area (Å²) < 4.78 is 36.1. The molecule has 0 aromatic heterocycles. The molecule has 0 aliphatic carbocycles. The maximum Gasteiger partial charge on any atom is 0.320 e. The van der Waals surface area contributed by atoms with Crippen LogP contribution in [-0.4, -0.2) is 56.5 Å². The molecule has 0 N–H and O–H groups in total. The van der Waals surface area contributed by atoms with Crippen molar-refractivity contribution in [2.75, 3.05) is 33.9 Å². The maximum absolute atomic E-state index is 13.1. The van der Waals surface area contributed by atoms with Gasteiger partial charge in [0.2, 0.25) is 0 Å². The number of allylic oxidation sites excluding steroid dienone is 1. The molecule has 1 aliphatic heterocycles. The molecule has 1 aromatic carbocycles. The molecule has 45 heavy (non-hydrogen) atoms. The zero-order valence-electron chi connectivity index (χ0n) is 28.9. The number of benzene rings is 1. The van der Waals surface area contributed by atoms with Crippen molar-refractivity contribution in [3.05, 3.63) is 41.6 Å². The van der Waals surface area contributed by atoms with Gasteiger partial charge in [0.1, 0.15) is 0 Å². The van der Waals surface area contributed by atoms with Gasteiger partial charge in [-0.1, -0.05) is 121 Å². The topological polar surface area (TPSA) is 94.1 Å². The highest BCUT2D eigenvalue weighted by Crippen LogP contribution is 2.47. The molecule has 0 radical (unpaired) electrons. The number of phosphoric ester groups is 1. The Balaban J connectivity index is 1.77. The van der Waals surface area contributed by atoms with Gasteiger partial charge in [0.15, 0.2) is 17.6 Å². The SMILES string of the molecule is CCCCCCCCCCCCCCCCOC(C)C(COP(=O)([O-])OC(=C1CCCC[N+]1(C)C)c1ccccc1)OC(C)=O. The van der Waals surface area contributed by atoms with Gasteiger partial charge in [0.05, 0.1) is 33.4 Å². The molecule has 1 aliphatic rings. The fraction of sp³-hybridized carbons (Fsp3) is 0.750. The summed E-state index contributed by atoms with van der Waals surface area (Å²) in [5, 5.41) is 0. The van der Waals surface area contributed by atoms with E-state index in [-0.39, 0.29) is 6.61 Å². The highest BCUT2D eigenvalue weighted by atomic mass is 31.2. The van der Waals surface area contributed by atoms with Gasteiger partial charge in [-0.2, -0.15) is 0 Å². The molecule has 8 nitrogen and oxygen atoms in total. The number of carbonyl (C=O) groups is 1. The zero-order chi connectivity index (χ0) is 33.0. The van der Waals surface area contributed by atoms with E-state index in [2.05, 4.69) is 21.0 Å². The van der Waals surface area contributed by atoms with E-state index in [1.165, 1.54) is 84.0 Å². The zero-order valence-corrected chi connectivity index (χ0v) is 29.8. The van der Waals surface area contributed by atoms with Crippen LogP contribution in [0.15, 0.2) is 36.0 Å². The van der Waals surface area contributed by atoms with E-state index < -0.39 is 26.0 Å². The second-order valence-electron chi connectivity index (χ2n) is 13.2. The first-order valence-electron chi connectivity index (χ1n) is 17.6. The first-order valence-corrected chi connectivity index (χ1v) is 19.1. The van der Waals surface area contributed by atoms with Gasteiger partial charge < -0.3 is 23.4 Å². The van der Waals surface area contributed by atoms with Crippen LogP contribution in [0.1, 0.15) is 135 Å². The monoisotopic (exact) mass is 651 g/mol. The average Bonchev–Trinajstić information content (AvgIpc) is 3.00. The van der Waals surface area contributed by atoms with Crippen molar-refractivity contribution in [3.63, 3.8) is 0 Å². The highest BCUT2D eigenvalue weighted by molar-refractivity contribution is 7.46. The fourth-order valence-corrected chi connectivity index (χ4v) is 6.76. The number of rotatable bonds is 24. The number of phosphoric acid groups is 1. The second kappa shape index (κ2) is 22.0. The van der Waals surface area contributed by atoms with Crippen molar-refractivity contribution in [1.29, 1.82) is 0 Å². The predicted molar refractivity (Wildman–Crippen MR) is 180 cm³/mol. The normalized spacial score (nSPS) is 18.5. The lowest BCUT2D eigenvalue weighted by molar-refractivity contribution is -0.857. The number of esters is 1. The van der Waals surface area contributed by atoms with Crippen LogP contribution in [0.2, 0.25) is 0 Å². The summed E-state index contributed by atoms with van der Waals surface area (Å²) in [5.41, 5.74) is 1.59. The van der Waals surface area contributed by atoms with E-state index in [1.54, 1.807) is 6.92 Å². The number of unbranched alkanes of at least 4 members (excludes halogenated alkanes) is 13. The van der Waals surface area contributed by atoms with Crippen molar-refractivity contribution in [2.24, 2.45) is 0 Å². The van der Waals surface area contributed by atoms with Crippen molar-refractivity contribution >= 4 is 19.6 Å². The first-order chi connectivity index (χ1) is 21.6. The molecule has 3 atom stereocenters. The third-order valence-electron chi connectivity index (χ3n) is 8.73. The molecule has 1 heterocycles. The molecule has 0 saturated carbocycles. The number of piperidine rings is 1. The van der Waals surface area contributed by atoms with Crippen LogP contribution in [0.25, 0.3) is 5.76 Å². The van der Waals surface area contributed by atoms with Gasteiger partial charge >= 0.3 is 13.8 Å². The third kappa shape index (κ3) is 16.6. The molecule has 2 rings (SSSR count). The number of carbonyl (C=O) groups excluding carboxylic acids is 1. The molecule has 0 bridgehead atoms. The van der Waals surface area contributed by atoms with E-state index in [9.17, 15) is 14.3 Å². The van der Waals surface area contributed by atoms with Crippen LogP contribution in [0.4, 0.5) is 0 Å². The van der Waals surface area contributed by atoms with Crippen LogP contribution < -0.4 is 4.89 Å². The Kier molecular flexibility index (Phi) is 19.3. The Morgan fingerprint density at radius 3 is 1.98 bits per heavy atom. The van der Waals surface area contributed by atoms with E-state index in [1.807, 2.05) is 30.3 Å². The van der Waals surface area contributed by atoms with Crippen molar-refractivity contribution in [1.82, 2.24) is 0 Å². The van der Waals surface area contributed by atoms with Crippen LogP contribution in [0.3, 0.4) is 0 Å². The molecule has 1 saturated heterocycles. The molecule has 258 valence electrons. The summed E-state index contributed by atoms with van der Waals surface area (Å²) in [6, 6.07) is 9.26. The number of hydrogen-bond donors (Lipinski definition) is 0. The first kappa shape index (κ1) is 39.5. The molecule has 9 heteroatoms. The maximum atomic E-state index is 13.1. The Labute approximate surface area is 274 Å². The van der Waals surface area contributed by atoms with Crippen LogP contribution in [-0.2, 0) is 27.9 Å². The summed E-state index contributed by atoms with van der Waals surface area (Å²) in [6.45, 7) is 6.35. The summed E-state index contributed by atoms with van der Waals surface area (Å²) in [7, 11) is -0.680. The Morgan fingerprint density at radius 1 is 0.889 bits per heavy atom. The molecule has 0 amide bonds. The lowest BCUT2D eigenvalue weighted by Crippen LogP contribution is -2.42. The van der Waals surface area contributed by atoms with Gasteiger partial charge in [-0.25, -0.2) is 0 Å². The number of nitrogens with zero attached hydrogens (tertiary/aromatic N) is 1. The van der Waals surface area contributed by atoms with Crippen LogP contribution in [0.5, 0.6) is 0 Å². The summed E-state index contributed by atoms with van der Waals surface area (Å²) in [4.78, 5) is 25.0. The fourth-order valence-electron chi connectivity index (χ4n) is 5.94. The minimum atomic E-state index is -4.80. The third-order valence-corrected chi connectivity index (χ3v) is 9.60. The minimum absolute atomic E-state index is 0.310. The van der Waals surface area contributed by atoms with Crippen molar-refractivity contribution in [2.45, 2.75) is 142 Å². The van der Waals surface area contributed by atoms with Gasteiger partial charge in [-0.15, -0.1) is 0 Å². The van der Waals surface area contributed by atoms with E-state index in [4.69, 9.17) is 18.5 Å². The predicted octanol–water partition coefficient (Wildman–Crippen LogP) is 8.94. The van der Waals surface area contributed by atoms with Gasteiger partial charge in [-0.3, -0.25) is 13.8 Å². The number of hydrogen-bond acceptors (Lipinski definition) is 7. The lowest BCUT2D eigenvalue weighted by Gasteiger charge is -2.37. The van der Waals surface area contributed by atoms with E-state index >= 15 is 0 Å². The highest BCUT2D eigenvalue weighted by Gasteiger charge is 2.33. The molecular weight excluding hydrogens is 589 g/mol.